The second-order valence-electron chi connectivity index (χ2n) is 3.57. The van der Waals surface area contributed by atoms with Crippen molar-refractivity contribution in [1.82, 2.24) is 4.98 Å². The largest absolute Gasteiger partial charge is 0.478 e. The highest BCUT2D eigenvalue weighted by Gasteiger charge is 2.23. The van der Waals surface area contributed by atoms with E-state index in [1.54, 1.807) is 12.3 Å². The molecule has 0 saturated heterocycles. The molecule has 19 heavy (non-hydrogen) atoms. The molecule has 0 fully saturated rings. The first kappa shape index (κ1) is 13.5. The number of rotatable bonds is 4. The number of nitro benzene ring substituents is 1. The van der Waals surface area contributed by atoms with E-state index < -0.39 is 10.9 Å². The van der Waals surface area contributed by atoms with Gasteiger partial charge in [-0.1, -0.05) is 17.8 Å². The Kier molecular flexibility index (Phi) is 3.82. The number of nitro groups is 1. The van der Waals surface area contributed by atoms with Gasteiger partial charge in [0.25, 0.3) is 5.69 Å². The van der Waals surface area contributed by atoms with Gasteiger partial charge >= 0.3 is 5.97 Å². The van der Waals surface area contributed by atoms with Crippen LogP contribution in [0.3, 0.4) is 0 Å². The molecule has 6 nitrogen and oxygen atoms in total. The standard InChI is InChI=1S/C11H8N2O4S2/c1-6-5-18-11(12-6)19-9-7(10(14)15)3-2-4-8(9)13(16)17/h2-5H,1H3,(H,14,15). The Labute approximate surface area is 116 Å². The SMILES string of the molecule is Cc1csc(Sc2c(C(=O)O)cccc2[N+](=O)[O-])n1. The van der Waals surface area contributed by atoms with Crippen molar-refractivity contribution in [3.8, 4) is 0 Å². The van der Waals surface area contributed by atoms with E-state index in [-0.39, 0.29) is 16.1 Å². The Hall–Kier alpha value is -1.93. The monoisotopic (exact) mass is 296 g/mol. The predicted molar refractivity (Wildman–Crippen MR) is 71.0 cm³/mol. The fourth-order valence-corrected chi connectivity index (χ4v) is 3.40. The zero-order chi connectivity index (χ0) is 14.0. The minimum atomic E-state index is -1.19. The predicted octanol–water partition coefficient (Wildman–Crippen LogP) is 3.21. The zero-order valence-corrected chi connectivity index (χ0v) is 11.3. The molecule has 8 heteroatoms. The lowest BCUT2D eigenvalue weighted by Gasteiger charge is -2.04. The van der Waals surface area contributed by atoms with Crippen LogP contribution < -0.4 is 0 Å². The number of hydrogen-bond acceptors (Lipinski definition) is 6. The van der Waals surface area contributed by atoms with Crippen molar-refractivity contribution in [1.29, 1.82) is 0 Å². The van der Waals surface area contributed by atoms with E-state index in [0.717, 1.165) is 17.5 Å². The van der Waals surface area contributed by atoms with Crippen molar-refractivity contribution in [3.05, 3.63) is 45.0 Å². The van der Waals surface area contributed by atoms with Crippen molar-refractivity contribution in [2.24, 2.45) is 0 Å². The van der Waals surface area contributed by atoms with Crippen LogP contribution in [0.25, 0.3) is 0 Å². The summed E-state index contributed by atoms with van der Waals surface area (Å²) in [4.78, 5) is 25.8. The normalized spacial score (nSPS) is 10.4. The quantitative estimate of drug-likeness (QED) is 0.687. The lowest BCUT2D eigenvalue weighted by molar-refractivity contribution is -0.387. The number of aryl methyl sites for hydroxylation is 1. The van der Waals surface area contributed by atoms with Gasteiger partial charge in [0.05, 0.1) is 10.5 Å². The van der Waals surface area contributed by atoms with Crippen LogP contribution >= 0.6 is 23.1 Å². The first-order valence-electron chi connectivity index (χ1n) is 5.09. The number of aromatic carboxylic acids is 1. The average molecular weight is 296 g/mol. The van der Waals surface area contributed by atoms with E-state index >= 15 is 0 Å². The van der Waals surface area contributed by atoms with Crippen molar-refractivity contribution in [2.45, 2.75) is 16.2 Å². The highest BCUT2D eigenvalue weighted by molar-refractivity contribution is 8.01. The van der Waals surface area contributed by atoms with E-state index in [4.69, 9.17) is 5.11 Å². The zero-order valence-electron chi connectivity index (χ0n) is 9.69. The molecule has 0 aliphatic rings. The van der Waals surface area contributed by atoms with Crippen LogP contribution in [0.4, 0.5) is 5.69 Å². The summed E-state index contributed by atoms with van der Waals surface area (Å²) < 4.78 is 0.578. The van der Waals surface area contributed by atoms with Gasteiger partial charge in [-0.05, 0) is 13.0 Å². The molecule has 0 radical (unpaired) electrons. The van der Waals surface area contributed by atoms with Crippen LogP contribution in [0, 0.1) is 17.0 Å². The van der Waals surface area contributed by atoms with Gasteiger partial charge in [-0.2, -0.15) is 0 Å². The van der Waals surface area contributed by atoms with E-state index in [0.29, 0.717) is 4.34 Å². The molecule has 0 aliphatic heterocycles. The summed E-state index contributed by atoms with van der Waals surface area (Å²) in [5.41, 5.74) is 0.479. The smallest absolute Gasteiger partial charge is 0.337 e. The molecule has 2 rings (SSSR count). The Morgan fingerprint density at radius 3 is 2.79 bits per heavy atom. The van der Waals surface area contributed by atoms with Crippen LogP contribution in [-0.2, 0) is 0 Å². The summed E-state index contributed by atoms with van der Waals surface area (Å²) >= 11 is 2.32. The van der Waals surface area contributed by atoms with Gasteiger partial charge < -0.3 is 5.11 Å². The van der Waals surface area contributed by atoms with Gasteiger partial charge in [-0.15, -0.1) is 11.3 Å². The molecule has 1 N–H and O–H groups in total. The summed E-state index contributed by atoms with van der Waals surface area (Å²) in [7, 11) is 0. The summed E-state index contributed by atoms with van der Waals surface area (Å²) in [6.07, 6.45) is 0. The molecule has 0 atom stereocenters. The second kappa shape index (κ2) is 5.37. The van der Waals surface area contributed by atoms with Crippen molar-refractivity contribution < 1.29 is 14.8 Å². The third-order valence-electron chi connectivity index (χ3n) is 2.21. The number of carboxylic acids is 1. The molecule has 1 heterocycles. The van der Waals surface area contributed by atoms with Crippen LogP contribution in [0.5, 0.6) is 0 Å². The topological polar surface area (TPSA) is 93.3 Å². The number of aromatic nitrogens is 1. The third kappa shape index (κ3) is 2.91. The number of carbonyl (C=O) groups is 1. The number of hydrogen-bond donors (Lipinski definition) is 1. The van der Waals surface area contributed by atoms with Crippen LogP contribution in [0.1, 0.15) is 16.1 Å². The molecule has 1 aromatic heterocycles. The minimum absolute atomic E-state index is 0.0907. The maximum Gasteiger partial charge on any atom is 0.337 e. The molecular formula is C11H8N2O4S2. The third-order valence-corrected chi connectivity index (χ3v) is 4.40. The first-order chi connectivity index (χ1) is 8.99. The van der Waals surface area contributed by atoms with Gasteiger partial charge in [0.1, 0.15) is 4.90 Å². The van der Waals surface area contributed by atoms with E-state index in [9.17, 15) is 14.9 Å². The number of thiazole rings is 1. The summed E-state index contributed by atoms with van der Waals surface area (Å²) in [6, 6.07) is 3.99. The first-order valence-corrected chi connectivity index (χ1v) is 6.79. The molecule has 0 amide bonds. The van der Waals surface area contributed by atoms with E-state index in [2.05, 4.69) is 4.98 Å². The minimum Gasteiger partial charge on any atom is -0.478 e. The molecule has 0 unspecified atom stereocenters. The number of nitrogens with zero attached hydrogens (tertiary/aromatic N) is 2. The Balaban J connectivity index is 2.52. The summed E-state index contributed by atoms with van der Waals surface area (Å²) in [6.45, 7) is 1.80. The van der Waals surface area contributed by atoms with E-state index in [1.807, 2.05) is 0 Å². The Bertz CT molecular complexity index is 622. The fraction of sp³-hybridized carbons (Fsp3) is 0.0909. The van der Waals surface area contributed by atoms with Gasteiger partial charge in [0.2, 0.25) is 0 Å². The molecule has 2 aromatic rings. The lowest BCUT2D eigenvalue weighted by atomic mass is 10.2. The number of carboxylic acid groups (broad SMARTS) is 1. The Morgan fingerprint density at radius 2 is 2.26 bits per heavy atom. The Morgan fingerprint density at radius 1 is 1.53 bits per heavy atom. The van der Waals surface area contributed by atoms with E-state index in [1.165, 1.54) is 29.5 Å². The summed E-state index contributed by atoms with van der Waals surface area (Å²) in [5.74, 6) is -1.19. The highest BCUT2D eigenvalue weighted by Crippen LogP contribution is 2.38. The molecule has 0 spiro atoms. The molecule has 0 aliphatic carbocycles. The van der Waals surface area contributed by atoms with Gasteiger partial charge in [0, 0.05) is 17.1 Å². The van der Waals surface area contributed by atoms with Crippen molar-refractivity contribution in [3.63, 3.8) is 0 Å². The van der Waals surface area contributed by atoms with Crippen LogP contribution in [-0.4, -0.2) is 21.0 Å². The number of benzene rings is 1. The second-order valence-corrected chi connectivity index (χ2v) is 5.69. The van der Waals surface area contributed by atoms with Crippen molar-refractivity contribution >= 4 is 34.8 Å². The maximum atomic E-state index is 11.1. The maximum absolute atomic E-state index is 11.1. The van der Waals surface area contributed by atoms with Gasteiger partial charge in [-0.3, -0.25) is 10.1 Å². The molecule has 1 aromatic carbocycles. The van der Waals surface area contributed by atoms with Crippen LogP contribution in [0.15, 0.2) is 32.8 Å². The van der Waals surface area contributed by atoms with Gasteiger partial charge in [-0.25, -0.2) is 9.78 Å². The van der Waals surface area contributed by atoms with Crippen molar-refractivity contribution in [2.75, 3.05) is 0 Å². The molecule has 0 saturated carbocycles. The molecule has 98 valence electrons. The molecule has 0 bridgehead atoms. The van der Waals surface area contributed by atoms with Crippen LogP contribution in [0.2, 0.25) is 0 Å². The van der Waals surface area contributed by atoms with Gasteiger partial charge in [0.15, 0.2) is 4.34 Å². The highest BCUT2D eigenvalue weighted by atomic mass is 32.2. The lowest BCUT2D eigenvalue weighted by Crippen LogP contribution is -2.01. The summed E-state index contributed by atoms with van der Waals surface area (Å²) in [5, 5.41) is 21.9. The molecular weight excluding hydrogens is 288 g/mol. The fourth-order valence-electron chi connectivity index (χ4n) is 1.41. The average Bonchev–Trinajstić information content (AvgIpc) is 2.74.